The lowest BCUT2D eigenvalue weighted by Gasteiger charge is -2.18. The first-order valence-electron chi connectivity index (χ1n) is 10.0. The maximum Gasteiger partial charge on any atom is 0.135 e. The van der Waals surface area contributed by atoms with Crippen LogP contribution in [0, 0.1) is 11.2 Å². The van der Waals surface area contributed by atoms with Crippen molar-refractivity contribution in [2.75, 3.05) is 13.1 Å². The Morgan fingerprint density at radius 3 is 2.74 bits per heavy atom. The van der Waals surface area contributed by atoms with Gasteiger partial charge in [0, 0.05) is 41.6 Å². The summed E-state index contributed by atoms with van der Waals surface area (Å²) in [6.07, 6.45) is 2.91. The Hall–Kier alpha value is -3.45. The van der Waals surface area contributed by atoms with Gasteiger partial charge in [-0.05, 0) is 42.3 Å². The predicted molar refractivity (Wildman–Crippen MR) is 123 cm³/mol. The zero-order chi connectivity index (χ0) is 21.5. The fourth-order valence-electron chi connectivity index (χ4n) is 4.07. The minimum atomic E-state index is -0.293. The van der Waals surface area contributed by atoms with E-state index in [0.29, 0.717) is 29.4 Å². The number of thiazole rings is 1. The number of nitrogens with zero attached hydrogens (tertiary/aromatic N) is 3. The van der Waals surface area contributed by atoms with E-state index in [1.54, 1.807) is 12.1 Å². The number of para-hydroxylation sites is 1. The van der Waals surface area contributed by atoms with Crippen LogP contribution in [0.25, 0.3) is 27.7 Å². The van der Waals surface area contributed by atoms with Gasteiger partial charge in [-0.1, -0.05) is 18.2 Å². The molecule has 7 heteroatoms. The number of benzene rings is 2. The Bertz CT molecular complexity index is 1320. The molecule has 0 radical (unpaired) electrons. The molecule has 0 fully saturated rings. The quantitative estimate of drug-likeness (QED) is 0.453. The van der Waals surface area contributed by atoms with Crippen molar-refractivity contribution in [3.05, 3.63) is 82.3 Å². The van der Waals surface area contributed by atoms with E-state index in [0.717, 1.165) is 12.0 Å². The van der Waals surface area contributed by atoms with E-state index in [1.807, 2.05) is 29.5 Å². The van der Waals surface area contributed by atoms with Gasteiger partial charge >= 0.3 is 0 Å². The van der Waals surface area contributed by atoms with E-state index in [9.17, 15) is 9.50 Å². The molecule has 156 valence electrons. The Balaban J connectivity index is 1.33. The number of aromatic nitrogens is 2. The van der Waals surface area contributed by atoms with Crippen LogP contribution in [0.2, 0.25) is 0 Å². The largest absolute Gasteiger partial charge is 0.510 e. The molecule has 0 spiro atoms. The van der Waals surface area contributed by atoms with E-state index in [1.165, 1.54) is 39.9 Å². The van der Waals surface area contributed by atoms with Gasteiger partial charge in [0.1, 0.15) is 22.4 Å². The number of rotatable bonds is 5. The van der Waals surface area contributed by atoms with Crippen molar-refractivity contribution < 1.29 is 9.50 Å². The number of hydrogen-bond acceptors (Lipinski definition) is 4. The number of nitrogens with one attached hydrogen (secondary N) is 1. The van der Waals surface area contributed by atoms with Crippen LogP contribution in [0.5, 0.6) is 0 Å². The average molecular weight is 433 g/mol. The van der Waals surface area contributed by atoms with Crippen molar-refractivity contribution in [3.63, 3.8) is 0 Å². The minimum absolute atomic E-state index is 0.169. The molecule has 0 saturated heterocycles. The van der Waals surface area contributed by atoms with Gasteiger partial charge in [0.25, 0.3) is 0 Å². The third kappa shape index (κ3) is 3.51. The molecule has 0 amide bonds. The van der Waals surface area contributed by atoms with E-state index < -0.39 is 0 Å². The second-order valence-electron chi connectivity index (χ2n) is 7.67. The second-order valence-corrected chi connectivity index (χ2v) is 8.53. The van der Waals surface area contributed by atoms with Gasteiger partial charge < -0.3 is 14.6 Å². The topological polar surface area (TPSA) is 65.1 Å². The number of hydrogen-bond donors (Lipinski definition) is 2. The van der Waals surface area contributed by atoms with E-state index in [-0.39, 0.29) is 17.4 Å². The molecule has 0 saturated carbocycles. The molecule has 0 unspecified atom stereocenters. The van der Waals surface area contributed by atoms with Crippen LogP contribution in [0.1, 0.15) is 10.6 Å². The molecule has 2 N–H and O–H groups in total. The first-order valence-corrected chi connectivity index (χ1v) is 10.9. The van der Waals surface area contributed by atoms with Crippen LogP contribution in [-0.4, -0.2) is 38.5 Å². The second kappa shape index (κ2) is 7.67. The van der Waals surface area contributed by atoms with Crippen LogP contribution in [0.4, 0.5) is 4.39 Å². The Labute approximate surface area is 183 Å². The van der Waals surface area contributed by atoms with Crippen molar-refractivity contribution in [1.29, 1.82) is 5.41 Å². The molecule has 0 bridgehead atoms. The summed E-state index contributed by atoms with van der Waals surface area (Å²) in [5, 5.41) is 22.9. The number of aliphatic hydroxyl groups excluding tert-OH is 1. The molecule has 0 aliphatic carbocycles. The Morgan fingerprint density at radius 2 is 1.94 bits per heavy atom. The van der Waals surface area contributed by atoms with Gasteiger partial charge in [0.05, 0.1) is 17.8 Å². The third-order valence-corrected chi connectivity index (χ3v) is 6.53. The number of aliphatic hydroxyl groups is 1. The minimum Gasteiger partial charge on any atom is -0.510 e. The molecule has 31 heavy (non-hydrogen) atoms. The molecule has 3 heterocycles. The fourth-order valence-corrected chi connectivity index (χ4v) is 4.97. The highest BCUT2D eigenvalue weighted by Crippen LogP contribution is 2.32. The molecule has 2 aromatic carbocycles. The monoisotopic (exact) mass is 432 g/mol. The van der Waals surface area contributed by atoms with Gasteiger partial charge in [-0.3, -0.25) is 5.41 Å². The van der Waals surface area contributed by atoms with Gasteiger partial charge in [-0.2, -0.15) is 0 Å². The lowest BCUT2D eigenvalue weighted by molar-refractivity contribution is 0.351. The summed E-state index contributed by atoms with van der Waals surface area (Å²) >= 11 is 1.38. The van der Waals surface area contributed by atoms with Crippen molar-refractivity contribution in [3.8, 4) is 11.3 Å². The zero-order valence-electron chi connectivity index (χ0n) is 17.0. The molecule has 1 aliphatic heterocycles. The molecule has 5 rings (SSSR count). The highest BCUT2D eigenvalue weighted by atomic mass is 32.1. The number of aryl methyl sites for hydroxylation is 1. The molecular weight excluding hydrogens is 411 g/mol. The van der Waals surface area contributed by atoms with E-state index >= 15 is 0 Å². The summed E-state index contributed by atoms with van der Waals surface area (Å²) in [4.78, 5) is 6.48. The van der Waals surface area contributed by atoms with Crippen molar-refractivity contribution in [2.24, 2.45) is 7.05 Å². The summed E-state index contributed by atoms with van der Waals surface area (Å²) in [6.45, 7) is 0.945. The highest BCUT2D eigenvalue weighted by molar-refractivity contribution is 7.11. The smallest absolute Gasteiger partial charge is 0.135 e. The van der Waals surface area contributed by atoms with Crippen molar-refractivity contribution >= 4 is 33.6 Å². The molecule has 4 aromatic rings. The van der Waals surface area contributed by atoms with Gasteiger partial charge in [-0.25, -0.2) is 9.37 Å². The van der Waals surface area contributed by atoms with Crippen LogP contribution < -0.4 is 0 Å². The number of halogens is 1. The lowest BCUT2D eigenvalue weighted by Crippen LogP contribution is -2.28. The summed E-state index contributed by atoms with van der Waals surface area (Å²) < 4.78 is 15.3. The number of fused-ring (bicyclic) bond motifs is 1. The molecular formula is C24H21FN4OS. The zero-order valence-corrected chi connectivity index (χ0v) is 17.8. The van der Waals surface area contributed by atoms with E-state index in [2.05, 4.69) is 27.9 Å². The Kier molecular flexibility index (Phi) is 4.82. The summed E-state index contributed by atoms with van der Waals surface area (Å²) in [5.74, 6) is 0.166. The predicted octanol–water partition coefficient (Wildman–Crippen LogP) is 5.25. The van der Waals surface area contributed by atoms with Gasteiger partial charge in [-0.15, -0.1) is 11.3 Å². The maximum absolute atomic E-state index is 13.2. The number of amidine groups is 1. The van der Waals surface area contributed by atoms with Crippen molar-refractivity contribution in [1.82, 2.24) is 14.5 Å². The SMILES string of the molecule is Cn1cc(CCN2CC(O)=C(c3nc(-c4ccc(F)cc4)cs3)C2=N)c2ccccc21. The third-order valence-electron chi connectivity index (χ3n) is 5.67. The Morgan fingerprint density at radius 1 is 1.16 bits per heavy atom. The van der Waals surface area contributed by atoms with E-state index in [4.69, 9.17) is 5.41 Å². The van der Waals surface area contributed by atoms with Crippen LogP contribution in [0.15, 0.2) is 65.9 Å². The molecule has 0 atom stereocenters. The lowest BCUT2D eigenvalue weighted by atomic mass is 10.1. The van der Waals surface area contributed by atoms with Crippen molar-refractivity contribution in [2.45, 2.75) is 6.42 Å². The molecule has 5 nitrogen and oxygen atoms in total. The normalized spacial score (nSPS) is 14.3. The van der Waals surface area contributed by atoms with Gasteiger partial charge in [0.2, 0.25) is 0 Å². The summed E-state index contributed by atoms with van der Waals surface area (Å²) in [5.41, 5.74) is 4.42. The molecule has 1 aliphatic rings. The first kappa shape index (κ1) is 19.5. The maximum atomic E-state index is 13.2. The summed E-state index contributed by atoms with van der Waals surface area (Å²) in [7, 11) is 2.04. The van der Waals surface area contributed by atoms with Gasteiger partial charge in [0.15, 0.2) is 0 Å². The summed E-state index contributed by atoms with van der Waals surface area (Å²) in [6, 6.07) is 14.4. The first-order chi connectivity index (χ1) is 15.0. The standard InChI is InChI=1S/C24H21FN4OS/c1-28-12-16(18-4-2-3-5-20(18)28)10-11-29-13-21(30)22(23(29)26)24-27-19(14-31-24)15-6-8-17(25)9-7-15/h2-9,12,14,26,30H,10-11,13H2,1H3. The van der Waals surface area contributed by atoms with Crippen LogP contribution in [0.3, 0.4) is 0 Å². The fraction of sp³-hybridized carbons (Fsp3) is 0.167. The molecule has 2 aromatic heterocycles. The van der Waals surface area contributed by atoms with Crippen LogP contribution >= 0.6 is 11.3 Å². The van der Waals surface area contributed by atoms with Crippen LogP contribution in [-0.2, 0) is 13.5 Å². The highest BCUT2D eigenvalue weighted by Gasteiger charge is 2.30. The average Bonchev–Trinajstić information content (AvgIpc) is 3.44.